The number of aromatic nitrogens is 3. The van der Waals surface area contributed by atoms with E-state index >= 15 is 0 Å². The number of fused-ring (bicyclic) bond motifs is 1. The fraction of sp³-hybridized carbons (Fsp3) is 0.444. The van der Waals surface area contributed by atoms with Crippen molar-refractivity contribution >= 4 is 39.4 Å². The van der Waals surface area contributed by atoms with Gasteiger partial charge in [0.15, 0.2) is 5.65 Å². The normalized spacial score (nSPS) is 23.8. The van der Waals surface area contributed by atoms with Crippen LogP contribution in [0.15, 0.2) is 11.0 Å². The second kappa shape index (κ2) is 4.50. The van der Waals surface area contributed by atoms with Crippen molar-refractivity contribution in [3.05, 3.63) is 15.9 Å². The van der Waals surface area contributed by atoms with Gasteiger partial charge >= 0.3 is 4.87 Å². The molecule has 1 unspecified atom stereocenters. The summed E-state index contributed by atoms with van der Waals surface area (Å²) >= 11 is 2.53. The largest absolute Gasteiger partial charge is 0.393 e. The van der Waals surface area contributed by atoms with Crippen LogP contribution in [0.1, 0.15) is 6.23 Å². The van der Waals surface area contributed by atoms with Crippen LogP contribution in [0.5, 0.6) is 0 Å². The standard InChI is InChI=1S/C9H10N4O3S2/c10-8-11-1-4-7(12-8)13(9(15)18-4)5-3-17-6(2-14)16-5/h1,5-6,14H,2-3H2,(H2,10,11,12)/t5?,6-/m0/s1. The van der Waals surface area contributed by atoms with Crippen molar-refractivity contribution < 1.29 is 9.84 Å². The molecule has 7 nitrogen and oxygen atoms in total. The summed E-state index contributed by atoms with van der Waals surface area (Å²) in [4.78, 5) is 19.7. The SMILES string of the molecule is Nc1ncc2sc(=O)n(C3CS[C@@H](CO)O3)c2n1. The highest BCUT2D eigenvalue weighted by molar-refractivity contribution is 8.00. The highest BCUT2D eigenvalue weighted by atomic mass is 32.2. The van der Waals surface area contributed by atoms with Crippen LogP contribution in [-0.2, 0) is 4.74 Å². The molecule has 0 aromatic carbocycles. The third kappa shape index (κ3) is 1.88. The molecule has 2 aromatic heterocycles. The van der Waals surface area contributed by atoms with Gasteiger partial charge in [-0.25, -0.2) is 4.98 Å². The fourth-order valence-corrected chi connectivity index (χ4v) is 3.53. The number of thiazole rings is 1. The maximum absolute atomic E-state index is 12.0. The number of aliphatic hydroxyl groups excluding tert-OH is 1. The van der Waals surface area contributed by atoms with E-state index in [0.717, 1.165) is 11.3 Å². The number of aliphatic hydroxyl groups is 1. The van der Waals surface area contributed by atoms with Crippen LogP contribution in [0.3, 0.4) is 0 Å². The number of rotatable bonds is 2. The number of hydrogen-bond donors (Lipinski definition) is 2. The molecule has 0 saturated carbocycles. The third-order valence-corrected chi connectivity index (χ3v) is 4.54. The molecule has 0 bridgehead atoms. The smallest absolute Gasteiger partial charge is 0.311 e. The van der Waals surface area contributed by atoms with Gasteiger partial charge < -0.3 is 15.6 Å². The van der Waals surface area contributed by atoms with E-state index in [-0.39, 0.29) is 22.9 Å². The molecule has 1 fully saturated rings. The first kappa shape index (κ1) is 11.9. The molecule has 18 heavy (non-hydrogen) atoms. The Balaban J connectivity index is 2.08. The van der Waals surface area contributed by atoms with Gasteiger partial charge in [-0.15, -0.1) is 11.8 Å². The molecule has 3 heterocycles. The van der Waals surface area contributed by atoms with Gasteiger partial charge in [0.2, 0.25) is 5.95 Å². The second-order valence-corrected chi connectivity index (χ2v) is 5.88. The second-order valence-electron chi connectivity index (χ2n) is 3.69. The van der Waals surface area contributed by atoms with E-state index < -0.39 is 6.23 Å². The summed E-state index contributed by atoms with van der Waals surface area (Å²) in [5, 5.41) is 9.03. The number of nitrogens with two attached hydrogens (primary N) is 1. The summed E-state index contributed by atoms with van der Waals surface area (Å²) in [7, 11) is 0. The predicted molar refractivity (Wildman–Crippen MR) is 69.5 cm³/mol. The van der Waals surface area contributed by atoms with Crippen LogP contribution < -0.4 is 10.6 Å². The van der Waals surface area contributed by atoms with E-state index in [9.17, 15) is 4.79 Å². The van der Waals surface area contributed by atoms with Crippen molar-refractivity contribution in [2.24, 2.45) is 0 Å². The van der Waals surface area contributed by atoms with Gasteiger partial charge in [-0.2, -0.15) is 4.98 Å². The summed E-state index contributed by atoms with van der Waals surface area (Å²) in [5.74, 6) is 0.722. The Morgan fingerprint density at radius 3 is 3.22 bits per heavy atom. The zero-order valence-corrected chi connectivity index (χ0v) is 10.8. The van der Waals surface area contributed by atoms with Gasteiger partial charge in [-0.3, -0.25) is 9.36 Å². The zero-order valence-electron chi connectivity index (χ0n) is 9.15. The van der Waals surface area contributed by atoms with Gasteiger partial charge in [0.1, 0.15) is 11.7 Å². The van der Waals surface area contributed by atoms with Crippen molar-refractivity contribution in [3.63, 3.8) is 0 Å². The molecular formula is C9H10N4O3S2. The van der Waals surface area contributed by atoms with E-state index in [1.807, 2.05) is 0 Å². The molecule has 0 radical (unpaired) electrons. The Labute approximate surface area is 110 Å². The number of anilines is 1. The van der Waals surface area contributed by atoms with Gasteiger partial charge in [0.25, 0.3) is 0 Å². The molecule has 0 amide bonds. The quantitative estimate of drug-likeness (QED) is 0.801. The zero-order chi connectivity index (χ0) is 12.7. The average molecular weight is 286 g/mol. The highest BCUT2D eigenvalue weighted by Crippen LogP contribution is 2.32. The molecule has 1 saturated heterocycles. The van der Waals surface area contributed by atoms with E-state index in [1.54, 1.807) is 0 Å². The number of nitrogens with zero attached hydrogens (tertiary/aromatic N) is 3. The van der Waals surface area contributed by atoms with Gasteiger partial charge in [-0.1, -0.05) is 11.3 Å². The van der Waals surface area contributed by atoms with E-state index in [0.29, 0.717) is 16.1 Å². The first-order valence-corrected chi connectivity index (χ1v) is 7.07. The van der Waals surface area contributed by atoms with E-state index in [1.165, 1.54) is 22.5 Å². The Morgan fingerprint density at radius 2 is 2.50 bits per heavy atom. The maximum atomic E-state index is 12.0. The summed E-state index contributed by atoms with van der Waals surface area (Å²) in [6, 6.07) is 0. The molecule has 0 spiro atoms. The van der Waals surface area contributed by atoms with Crippen LogP contribution >= 0.6 is 23.1 Å². The Morgan fingerprint density at radius 1 is 1.67 bits per heavy atom. The minimum Gasteiger partial charge on any atom is -0.393 e. The lowest BCUT2D eigenvalue weighted by Crippen LogP contribution is -2.22. The maximum Gasteiger partial charge on any atom is 0.311 e. The van der Waals surface area contributed by atoms with Crippen molar-refractivity contribution in [1.29, 1.82) is 0 Å². The van der Waals surface area contributed by atoms with E-state index in [2.05, 4.69) is 9.97 Å². The first-order chi connectivity index (χ1) is 8.69. The lowest BCUT2D eigenvalue weighted by molar-refractivity contribution is -0.00274. The van der Waals surface area contributed by atoms with Crippen LogP contribution in [0.2, 0.25) is 0 Å². The van der Waals surface area contributed by atoms with Crippen molar-refractivity contribution in [2.75, 3.05) is 18.1 Å². The van der Waals surface area contributed by atoms with Crippen LogP contribution in [0.25, 0.3) is 10.3 Å². The van der Waals surface area contributed by atoms with Crippen molar-refractivity contribution in [1.82, 2.24) is 14.5 Å². The summed E-state index contributed by atoms with van der Waals surface area (Å²) < 4.78 is 7.71. The van der Waals surface area contributed by atoms with Gasteiger partial charge in [0, 0.05) is 5.75 Å². The number of thioether (sulfide) groups is 1. The first-order valence-electron chi connectivity index (χ1n) is 5.20. The minimum absolute atomic E-state index is 0.0743. The molecule has 2 aromatic rings. The lowest BCUT2D eigenvalue weighted by atomic mass is 10.5. The topological polar surface area (TPSA) is 103 Å². The summed E-state index contributed by atoms with van der Waals surface area (Å²) in [6.07, 6.45) is 1.12. The summed E-state index contributed by atoms with van der Waals surface area (Å²) in [6.45, 7) is -0.0743. The number of ether oxygens (including phenoxy) is 1. The van der Waals surface area contributed by atoms with Crippen LogP contribution in [0.4, 0.5) is 5.95 Å². The molecule has 0 aliphatic carbocycles. The molecule has 2 atom stereocenters. The number of nitrogen functional groups attached to an aromatic ring is 1. The van der Waals surface area contributed by atoms with Gasteiger partial charge in [0.05, 0.1) is 17.5 Å². The predicted octanol–water partition coefficient (Wildman–Crippen LogP) is 0.0156. The lowest BCUT2D eigenvalue weighted by Gasteiger charge is -2.12. The molecule has 3 rings (SSSR count). The molecule has 1 aliphatic heterocycles. The van der Waals surface area contributed by atoms with Crippen molar-refractivity contribution in [3.8, 4) is 0 Å². The third-order valence-electron chi connectivity index (χ3n) is 2.55. The summed E-state index contributed by atoms with van der Waals surface area (Å²) in [5.41, 5.74) is 5.73. The molecular weight excluding hydrogens is 276 g/mol. The average Bonchev–Trinajstić information content (AvgIpc) is 2.92. The Hall–Kier alpha value is -1.16. The monoisotopic (exact) mass is 286 g/mol. The molecule has 1 aliphatic rings. The Kier molecular flexibility index (Phi) is 2.98. The highest BCUT2D eigenvalue weighted by Gasteiger charge is 2.29. The van der Waals surface area contributed by atoms with Crippen molar-refractivity contribution in [2.45, 2.75) is 11.7 Å². The molecule has 9 heteroatoms. The van der Waals surface area contributed by atoms with Gasteiger partial charge in [-0.05, 0) is 0 Å². The minimum atomic E-state index is -0.414. The fourth-order valence-electron chi connectivity index (χ4n) is 1.78. The van der Waals surface area contributed by atoms with Crippen LogP contribution in [0, 0.1) is 0 Å². The molecule has 96 valence electrons. The van der Waals surface area contributed by atoms with Crippen LogP contribution in [-0.4, -0.2) is 37.4 Å². The Bertz CT molecular complexity index is 640. The van der Waals surface area contributed by atoms with E-state index in [4.69, 9.17) is 15.6 Å². The molecule has 3 N–H and O–H groups in total. The number of hydrogen-bond acceptors (Lipinski definition) is 8.